The van der Waals surface area contributed by atoms with Crippen LogP contribution in [0.5, 0.6) is 5.75 Å². The Kier molecular flexibility index (Phi) is 4.51. The lowest BCUT2D eigenvalue weighted by Crippen LogP contribution is -2.38. The fourth-order valence-electron chi connectivity index (χ4n) is 2.42. The molecule has 20 heavy (non-hydrogen) atoms. The van der Waals surface area contributed by atoms with Crippen LogP contribution in [0.15, 0.2) is 53.0 Å². The first-order chi connectivity index (χ1) is 9.40. The van der Waals surface area contributed by atoms with Crippen molar-refractivity contribution >= 4 is 15.9 Å². The van der Waals surface area contributed by atoms with Crippen LogP contribution in [0.2, 0.25) is 0 Å². The predicted octanol–water partition coefficient (Wildman–Crippen LogP) is 4.74. The Morgan fingerprint density at radius 1 is 1.05 bits per heavy atom. The SMILES string of the molecule is CC(NC(C)(C)c1ccc(Br)cc1)c1ccccc1O. The van der Waals surface area contributed by atoms with E-state index in [1.807, 2.05) is 30.3 Å². The number of rotatable bonds is 4. The van der Waals surface area contributed by atoms with E-state index in [2.05, 4.69) is 54.2 Å². The fraction of sp³-hybridized carbons (Fsp3) is 0.294. The summed E-state index contributed by atoms with van der Waals surface area (Å²) in [6.45, 7) is 6.36. The van der Waals surface area contributed by atoms with Crippen LogP contribution in [-0.4, -0.2) is 5.11 Å². The second-order valence-corrected chi connectivity index (χ2v) is 6.47. The fourth-order valence-corrected chi connectivity index (χ4v) is 2.69. The number of hydrogen-bond acceptors (Lipinski definition) is 2. The molecule has 1 atom stereocenters. The number of aromatic hydroxyl groups is 1. The highest BCUT2D eigenvalue weighted by atomic mass is 79.9. The van der Waals surface area contributed by atoms with E-state index in [1.54, 1.807) is 6.07 Å². The van der Waals surface area contributed by atoms with E-state index in [-0.39, 0.29) is 11.6 Å². The first-order valence-electron chi connectivity index (χ1n) is 6.72. The minimum absolute atomic E-state index is 0.0647. The van der Waals surface area contributed by atoms with Crippen molar-refractivity contribution in [2.24, 2.45) is 0 Å². The average molecular weight is 334 g/mol. The van der Waals surface area contributed by atoms with Gasteiger partial charge in [-0.05, 0) is 44.5 Å². The van der Waals surface area contributed by atoms with Crippen LogP contribution >= 0.6 is 15.9 Å². The van der Waals surface area contributed by atoms with E-state index in [4.69, 9.17) is 0 Å². The standard InChI is InChI=1S/C17H20BrNO/c1-12(15-6-4-5-7-16(15)20)19-17(2,3)13-8-10-14(18)11-9-13/h4-12,19-20H,1-3H3. The predicted molar refractivity (Wildman–Crippen MR) is 86.8 cm³/mol. The molecule has 3 heteroatoms. The normalized spacial score (nSPS) is 13.2. The van der Waals surface area contributed by atoms with Gasteiger partial charge in [-0.25, -0.2) is 0 Å². The second-order valence-electron chi connectivity index (χ2n) is 5.56. The van der Waals surface area contributed by atoms with E-state index < -0.39 is 0 Å². The average Bonchev–Trinajstić information content (AvgIpc) is 2.39. The van der Waals surface area contributed by atoms with Gasteiger partial charge in [-0.3, -0.25) is 0 Å². The number of halogens is 1. The quantitative estimate of drug-likeness (QED) is 0.846. The Hall–Kier alpha value is -1.32. The van der Waals surface area contributed by atoms with Gasteiger partial charge in [-0.1, -0.05) is 46.3 Å². The van der Waals surface area contributed by atoms with E-state index in [9.17, 15) is 5.11 Å². The number of phenolic OH excluding ortho intramolecular Hbond substituents is 1. The maximum absolute atomic E-state index is 9.94. The van der Waals surface area contributed by atoms with Gasteiger partial charge < -0.3 is 10.4 Å². The van der Waals surface area contributed by atoms with Crippen LogP contribution < -0.4 is 5.32 Å². The highest BCUT2D eigenvalue weighted by Crippen LogP contribution is 2.29. The van der Waals surface area contributed by atoms with Gasteiger partial charge in [0.2, 0.25) is 0 Å². The van der Waals surface area contributed by atoms with E-state index >= 15 is 0 Å². The summed E-state index contributed by atoms with van der Waals surface area (Å²) in [6.07, 6.45) is 0. The van der Waals surface area contributed by atoms with Crippen LogP contribution in [0, 0.1) is 0 Å². The van der Waals surface area contributed by atoms with Crippen LogP contribution in [0.3, 0.4) is 0 Å². The summed E-state index contributed by atoms with van der Waals surface area (Å²) in [5, 5.41) is 13.5. The third-order valence-corrected chi connectivity index (χ3v) is 4.08. The zero-order chi connectivity index (χ0) is 14.8. The van der Waals surface area contributed by atoms with Gasteiger partial charge in [0, 0.05) is 21.6 Å². The van der Waals surface area contributed by atoms with Crippen molar-refractivity contribution in [3.63, 3.8) is 0 Å². The molecule has 0 aliphatic heterocycles. The Balaban J connectivity index is 2.19. The first kappa shape index (κ1) is 15.1. The van der Waals surface area contributed by atoms with E-state index in [1.165, 1.54) is 5.56 Å². The number of phenols is 1. The van der Waals surface area contributed by atoms with Gasteiger partial charge in [-0.15, -0.1) is 0 Å². The third kappa shape index (κ3) is 3.41. The molecule has 2 aromatic carbocycles. The second kappa shape index (κ2) is 5.98. The van der Waals surface area contributed by atoms with Gasteiger partial charge in [-0.2, -0.15) is 0 Å². The summed E-state index contributed by atoms with van der Waals surface area (Å²) in [7, 11) is 0. The summed E-state index contributed by atoms with van der Waals surface area (Å²) < 4.78 is 1.07. The molecule has 2 aromatic rings. The van der Waals surface area contributed by atoms with Crippen molar-refractivity contribution in [3.8, 4) is 5.75 Å². The van der Waals surface area contributed by atoms with Crippen molar-refractivity contribution in [3.05, 3.63) is 64.1 Å². The first-order valence-corrected chi connectivity index (χ1v) is 7.51. The van der Waals surface area contributed by atoms with Crippen molar-refractivity contribution in [1.29, 1.82) is 0 Å². The largest absolute Gasteiger partial charge is 0.508 e. The molecule has 106 valence electrons. The summed E-state index contributed by atoms with van der Waals surface area (Å²) >= 11 is 3.46. The summed E-state index contributed by atoms with van der Waals surface area (Å²) in [4.78, 5) is 0. The molecule has 1 unspecified atom stereocenters. The molecule has 0 bridgehead atoms. The maximum Gasteiger partial charge on any atom is 0.120 e. The van der Waals surface area contributed by atoms with Gasteiger partial charge in [0.25, 0.3) is 0 Å². The van der Waals surface area contributed by atoms with Crippen molar-refractivity contribution in [2.75, 3.05) is 0 Å². The number of nitrogens with one attached hydrogen (secondary N) is 1. The zero-order valence-electron chi connectivity index (χ0n) is 12.0. The molecule has 0 fully saturated rings. The summed E-state index contributed by atoms with van der Waals surface area (Å²) in [5.74, 6) is 0.333. The lowest BCUT2D eigenvalue weighted by molar-refractivity contribution is 0.350. The molecule has 0 amide bonds. The summed E-state index contributed by atoms with van der Waals surface area (Å²) in [5.41, 5.74) is 1.95. The highest BCUT2D eigenvalue weighted by molar-refractivity contribution is 9.10. The van der Waals surface area contributed by atoms with E-state index in [0.29, 0.717) is 5.75 Å². The smallest absolute Gasteiger partial charge is 0.120 e. The molecule has 2 nitrogen and oxygen atoms in total. The Bertz CT molecular complexity index is 578. The summed E-state index contributed by atoms with van der Waals surface area (Å²) in [6, 6.07) is 15.8. The van der Waals surface area contributed by atoms with E-state index in [0.717, 1.165) is 10.0 Å². The third-order valence-electron chi connectivity index (χ3n) is 3.55. The van der Waals surface area contributed by atoms with Gasteiger partial charge in [0.1, 0.15) is 5.75 Å². The monoisotopic (exact) mass is 333 g/mol. The van der Waals surface area contributed by atoms with Gasteiger partial charge >= 0.3 is 0 Å². The minimum atomic E-state index is -0.178. The van der Waals surface area contributed by atoms with Crippen molar-refractivity contribution in [2.45, 2.75) is 32.4 Å². The molecular formula is C17H20BrNO. The molecule has 0 spiro atoms. The minimum Gasteiger partial charge on any atom is -0.508 e. The topological polar surface area (TPSA) is 32.3 Å². The number of para-hydroxylation sites is 1. The number of benzene rings is 2. The van der Waals surface area contributed by atoms with Gasteiger partial charge in [0.05, 0.1) is 0 Å². The lowest BCUT2D eigenvalue weighted by Gasteiger charge is -2.31. The van der Waals surface area contributed by atoms with Gasteiger partial charge in [0.15, 0.2) is 0 Å². The molecule has 0 aliphatic rings. The Labute approximate surface area is 129 Å². The molecule has 2 N–H and O–H groups in total. The Morgan fingerprint density at radius 2 is 1.65 bits per heavy atom. The molecular weight excluding hydrogens is 314 g/mol. The molecule has 0 radical (unpaired) electrons. The molecule has 0 saturated carbocycles. The van der Waals surface area contributed by atoms with Crippen LogP contribution in [-0.2, 0) is 5.54 Å². The van der Waals surface area contributed by atoms with Crippen LogP contribution in [0.4, 0.5) is 0 Å². The molecule has 0 saturated heterocycles. The van der Waals surface area contributed by atoms with Crippen LogP contribution in [0.1, 0.15) is 37.9 Å². The number of hydrogen-bond donors (Lipinski definition) is 2. The molecule has 0 aromatic heterocycles. The molecule has 0 heterocycles. The highest BCUT2D eigenvalue weighted by Gasteiger charge is 2.23. The molecule has 2 rings (SSSR count). The van der Waals surface area contributed by atoms with Crippen molar-refractivity contribution < 1.29 is 5.11 Å². The zero-order valence-corrected chi connectivity index (χ0v) is 13.6. The maximum atomic E-state index is 9.94. The Morgan fingerprint density at radius 3 is 2.25 bits per heavy atom. The van der Waals surface area contributed by atoms with Crippen molar-refractivity contribution in [1.82, 2.24) is 5.32 Å². The molecule has 0 aliphatic carbocycles. The lowest BCUT2D eigenvalue weighted by atomic mass is 9.92. The van der Waals surface area contributed by atoms with Crippen LogP contribution in [0.25, 0.3) is 0 Å².